The van der Waals surface area contributed by atoms with Crippen LogP contribution in [0.3, 0.4) is 0 Å². The van der Waals surface area contributed by atoms with E-state index in [1.54, 1.807) is 0 Å². The van der Waals surface area contributed by atoms with Crippen molar-refractivity contribution in [2.45, 2.75) is 0 Å². The second kappa shape index (κ2) is 7.62. The zero-order chi connectivity index (χ0) is 25.5. The lowest BCUT2D eigenvalue weighted by Crippen LogP contribution is -1.94. The summed E-state index contributed by atoms with van der Waals surface area (Å²) >= 11 is 0. The number of fused-ring (bicyclic) bond motifs is 10. The Balaban J connectivity index is 1.43. The van der Waals surface area contributed by atoms with E-state index in [2.05, 4.69) is 114 Å². The molecular weight excluding hydrogens is 478 g/mol. The van der Waals surface area contributed by atoms with Crippen LogP contribution in [0, 0.1) is 0 Å². The van der Waals surface area contributed by atoms with Gasteiger partial charge in [-0.05, 0) is 35.9 Å². The van der Waals surface area contributed by atoms with Gasteiger partial charge in [0.1, 0.15) is 16.7 Å². The number of para-hydroxylation sites is 4. The molecule has 39 heavy (non-hydrogen) atoms. The Hall–Kier alpha value is -5.28. The van der Waals surface area contributed by atoms with Gasteiger partial charge in [-0.3, -0.25) is 0 Å². The normalized spacial score (nSPS) is 12.1. The number of hydrogen-bond acceptors (Lipinski definition) is 2. The van der Waals surface area contributed by atoms with Gasteiger partial charge in [-0.1, -0.05) is 97.1 Å². The summed E-state index contributed by atoms with van der Waals surface area (Å²) < 4.78 is 15.6. The maximum absolute atomic E-state index is 6.81. The van der Waals surface area contributed by atoms with Crippen LogP contribution < -0.4 is 0 Å². The highest BCUT2D eigenvalue weighted by Crippen LogP contribution is 2.44. The summed E-state index contributed by atoms with van der Waals surface area (Å²) in [6.45, 7) is 0. The van der Waals surface area contributed by atoms with Crippen molar-refractivity contribution in [3.63, 3.8) is 0 Å². The monoisotopic (exact) mass is 499 g/mol. The summed E-state index contributed by atoms with van der Waals surface area (Å²) in [6.07, 6.45) is 0. The van der Waals surface area contributed by atoms with Crippen LogP contribution in [0.15, 0.2) is 136 Å². The molecule has 0 aliphatic heterocycles. The van der Waals surface area contributed by atoms with Crippen LogP contribution in [0.5, 0.6) is 0 Å². The third-order valence-electron chi connectivity index (χ3n) is 8.01. The first kappa shape index (κ1) is 20.7. The Labute approximate surface area is 223 Å². The van der Waals surface area contributed by atoms with E-state index in [1.165, 1.54) is 0 Å². The first-order chi connectivity index (χ1) is 19.4. The molecule has 0 aliphatic rings. The molecule has 3 nitrogen and oxygen atoms in total. The summed E-state index contributed by atoms with van der Waals surface area (Å²) in [6, 6.07) is 44.5. The van der Waals surface area contributed by atoms with Gasteiger partial charge < -0.3 is 13.4 Å². The summed E-state index contributed by atoms with van der Waals surface area (Å²) in [5.74, 6) is 0. The van der Waals surface area contributed by atoms with E-state index >= 15 is 0 Å². The fourth-order valence-corrected chi connectivity index (χ4v) is 6.32. The molecule has 0 N–H and O–H groups in total. The van der Waals surface area contributed by atoms with Crippen molar-refractivity contribution >= 4 is 65.7 Å². The van der Waals surface area contributed by atoms with Crippen molar-refractivity contribution in [2.75, 3.05) is 0 Å². The Kier molecular flexibility index (Phi) is 4.05. The predicted octanol–water partition coefficient (Wildman–Crippen LogP) is 10.2. The van der Waals surface area contributed by atoms with Gasteiger partial charge in [0.05, 0.1) is 22.1 Å². The minimum absolute atomic E-state index is 0.886. The summed E-state index contributed by atoms with van der Waals surface area (Å²) in [5.41, 5.74) is 9.11. The minimum atomic E-state index is 0.886. The third-order valence-corrected chi connectivity index (χ3v) is 8.01. The van der Waals surface area contributed by atoms with Gasteiger partial charge in [-0.2, -0.15) is 0 Å². The van der Waals surface area contributed by atoms with Crippen LogP contribution in [0.4, 0.5) is 0 Å². The molecule has 0 saturated carbocycles. The van der Waals surface area contributed by atoms with Crippen molar-refractivity contribution in [3.8, 4) is 16.8 Å². The lowest BCUT2D eigenvalue weighted by atomic mass is 10.0. The van der Waals surface area contributed by atoms with Gasteiger partial charge in [-0.15, -0.1) is 0 Å². The molecule has 0 radical (unpaired) electrons. The lowest BCUT2D eigenvalue weighted by Gasteiger charge is -2.08. The van der Waals surface area contributed by atoms with Gasteiger partial charge in [0.25, 0.3) is 0 Å². The molecule has 9 rings (SSSR count). The smallest absolute Gasteiger partial charge is 0.159 e. The fraction of sp³-hybridized carbons (Fsp3) is 0. The largest absolute Gasteiger partial charge is 0.455 e. The van der Waals surface area contributed by atoms with Crippen molar-refractivity contribution in [1.82, 2.24) is 4.57 Å². The summed E-state index contributed by atoms with van der Waals surface area (Å²) in [4.78, 5) is 0. The molecule has 0 spiro atoms. The van der Waals surface area contributed by atoms with Crippen molar-refractivity contribution in [1.29, 1.82) is 0 Å². The van der Waals surface area contributed by atoms with E-state index in [1.807, 2.05) is 18.2 Å². The second-order valence-electron chi connectivity index (χ2n) is 10.1. The molecular formula is C36H21NO2. The zero-order valence-corrected chi connectivity index (χ0v) is 20.9. The fourth-order valence-electron chi connectivity index (χ4n) is 6.32. The number of hydrogen-bond donors (Lipinski definition) is 0. The maximum atomic E-state index is 6.81. The van der Waals surface area contributed by atoms with Gasteiger partial charge in [0.2, 0.25) is 0 Å². The molecule has 6 aromatic carbocycles. The Morgan fingerprint density at radius 3 is 2.00 bits per heavy atom. The standard InChI is InChI=1S/C36H21NO2/c1-2-10-22(11-3-1)23-14-8-15-26-27-20-21-30-33(36(27)39-34(23)26)28-13-4-6-17-29(28)37(30)31-18-9-16-25-24-12-5-7-19-32(24)38-35(25)31/h1-21H. The molecule has 3 heterocycles. The van der Waals surface area contributed by atoms with Gasteiger partial charge in [0, 0.05) is 32.5 Å². The van der Waals surface area contributed by atoms with E-state index in [-0.39, 0.29) is 0 Å². The highest BCUT2D eigenvalue weighted by Gasteiger charge is 2.21. The molecule has 3 aromatic heterocycles. The zero-order valence-electron chi connectivity index (χ0n) is 20.9. The molecule has 0 saturated heterocycles. The van der Waals surface area contributed by atoms with E-state index in [0.29, 0.717) is 0 Å². The van der Waals surface area contributed by atoms with Gasteiger partial charge >= 0.3 is 0 Å². The molecule has 0 fully saturated rings. The Morgan fingerprint density at radius 1 is 0.410 bits per heavy atom. The predicted molar refractivity (Wildman–Crippen MR) is 161 cm³/mol. The van der Waals surface area contributed by atoms with E-state index in [4.69, 9.17) is 8.83 Å². The average Bonchev–Trinajstić information content (AvgIpc) is 3.67. The minimum Gasteiger partial charge on any atom is -0.455 e. The quantitative estimate of drug-likeness (QED) is 0.237. The van der Waals surface area contributed by atoms with Crippen LogP contribution in [-0.2, 0) is 0 Å². The number of rotatable bonds is 2. The third kappa shape index (κ3) is 2.76. The molecule has 0 aliphatic carbocycles. The van der Waals surface area contributed by atoms with Crippen LogP contribution in [0.2, 0.25) is 0 Å². The topological polar surface area (TPSA) is 31.2 Å². The number of benzene rings is 6. The number of furan rings is 2. The second-order valence-corrected chi connectivity index (χ2v) is 10.1. The molecule has 182 valence electrons. The van der Waals surface area contributed by atoms with Gasteiger partial charge in [0.15, 0.2) is 5.58 Å². The number of aromatic nitrogens is 1. The molecule has 0 atom stereocenters. The van der Waals surface area contributed by atoms with Crippen molar-refractivity contribution in [3.05, 3.63) is 127 Å². The van der Waals surface area contributed by atoms with Crippen molar-refractivity contribution in [2.24, 2.45) is 0 Å². The van der Waals surface area contributed by atoms with Crippen LogP contribution in [-0.4, -0.2) is 4.57 Å². The molecule has 0 unspecified atom stereocenters. The molecule has 9 aromatic rings. The Morgan fingerprint density at radius 2 is 1.10 bits per heavy atom. The average molecular weight is 500 g/mol. The molecule has 0 amide bonds. The van der Waals surface area contributed by atoms with Crippen molar-refractivity contribution < 1.29 is 8.83 Å². The highest BCUT2D eigenvalue weighted by atomic mass is 16.3. The van der Waals surface area contributed by atoms with E-state index in [0.717, 1.165) is 82.5 Å². The SMILES string of the molecule is c1ccc(-c2cccc3c2oc2c3ccc3c2c2ccccc2n3-c2cccc3c2oc2ccccc23)cc1. The summed E-state index contributed by atoms with van der Waals surface area (Å²) in [5, 5.41) is 6.78. The number of nitrogens with zero attached hydrogens (tertiary/aromatic N) is 1. The Bertz CT molecular complexity index is 2390. The van der Waals surface area contributed by atoms with E-state index in [9.17, 15) is 0 Å². The van der Waals surface area contributed by atoms with Crippen LogP contribution in [0.25, 0.3) is 82.5 Å². The van der Waals surface area contributed by atoms with Gasteiger partial charge in [-0.25, -0.2) is 0 Å². The highest BCUT2D eigenvalue weighted by molar-refractivity contribution is 6.25. The van der Waals surface area contributed by atoms with Crippen LogP contribution in [0.1, 0.15) is 0 Å². The molecule has 0 bridgehead atoms. The molecule has 3 heteroatoms. The lowest BCUT2D eigenvalue weighted by molar-refractivity contribution is 0.666. The first-order valence-electron chi connectivity index (χ1n) is 13.2. The van der Waals surface area contributed by atoms with E-state index < -0.39 is 0 Å². The summed E-state index contributed by atoms with van der Waals surface area (Å²) in [7, 11) is 0. The first-order valence-corrected chi connectivity index (χ1v) is 13.2. The van der Waals surface area contributed by atoms with Crippen LogP contribution >= 0.6 is 0 Å². The maximum Gasteiger partial charge on any atom is 0.159 e.